The Labute approximate surface area is 230 Å². The second kappa shape index (κ2) is 13.5. The molecule has 0 aliphatic carbocycles. The summed E-state index contributed by atoms with van der Waals surface area (Å²) in [5.41, 5.74) is 3.55. The van der Waals surface area contributed by atoms with Crippen molar-refractivity contribution in [3.8, 4) is 28.7 Å². The van der Waals surface area contributed by atoms with E-state index in [0.717, 1.165) is 30.0 Å². The molecule has 0 fully saturated rings. The first-order valence-corrected chi connectivity index (χ1v) is 12.7. The van der Waals surface area contributed by atoms with Gasteiger partial charge in [0.05, 0.1) is 19.8 Å². The van der Waals surface area contributed by atoms with Crippen LogP contribution in [0.2, 0.25) is 0 Å². The molecule has 0 atom stereocenters. The molecule has 2 aromatic carbocycles. The fraction of sp³-hybridized carbons (Fsp3) is 0.312. The molecule has 1 aromatic heterocycles. The van der Waals surface area contributed by atoms with Crippen molar-refractivity contribution in [2.24, 2.45) is 5.41 Å². The van der Waals surface area contributed by atoms with Gasteiger partial charge in [-0.25, -0.2) is 9.59 Å². The van der Waals surface area contributed by atoms with E-state index in [0.29, 0.717) is 17.7 Å². The number of H-pyrrole nitrogens is 1. The highest BCUT2D eigenvalue weighted by Gasteiger charge is 2.24. The number of hydrogen-bond acceptors (Lipinski definition) is 6. The third-order valence-corrected chi connectivity index (χ3v) is 5.71. The molecule has 204 valence electrons. The van der Waals surface area contributed by atoms with Crippen molar-refractivity contribution in [2.75, 3.05) is 27.8 Å². The lowest BCUT2D eigenvalue weighted by molar-refractivity contribution is 0.0594. The number of aromatic amines is 1. The molecule has 39 heavy (non-hydrogen) atoms. The number of rotatable bonds is 10. The highest BCUT2D eigenvalue weighted by atomic mass is 16.5. The summed E-state index contributed by atoms with van der Waals surface area (Å²) < 4.78 is 15.9. The van der Waals surface area contributed by atoms with Crippen LogP contribution in [0, 0.1) is 17.3 Å². The number of benzene rings is 2. The maximum atomic E-state index is 12.3. The average molecular weight is 529 g/mol. The molecule has 0 unspecified atom stereocenters. The summed E-state index contributed by atoms with van der Waals surface area (Å²) in [4.78, 5) is 29.7. The van der Waals surface area contributed by atoms with Gasteiger partial charge in [0.25, 0.3) is 0 Å². The maximum absolute atomic E-state index is 12.3. The lowest BCUT2D eigenvalue weighted by Gasteiger charge is -2.15. The van der Waals surface area contributed by atoms with Crippen LogP contribution in [-0.4, -0.2) is 49.6 Å². The molecule has 1 heterocycles. The lowest BCUT2D eigenvalue weighted by Crippen LogP contribution is -2.17. The van der Waals surface area contributed by atoms with E-state index in [4.69, 9.17) is 14.2 Å². The number of ether oxygens (including phenoxy) is 3. The van der Waals surface area contributed by atoms with Crippen LogP contribution in [0.5, 0.6) is 5.75 Å². The zero-order valence-corrected chi connectivity index (χ0v) is 23.5. The monoisotopic (exact) mass is 528 g/mol. The summed E-state index contributed by atoms with van der Waals surface area (Å²) in [6.07, 6.45) is 5.42. The summed E-state index contributed by atoms with van der Waals surface area (Å²) in [6.45, 7) is 8.15. The maximum Gasteiger partial charge on any atom is 0.355 e. The smallest absolute Gasteiger partial charge is 0.355 e. The summed E-state index contributed by atoms with van der Waals surface area (Å²) >= 11 is 0. The minimum Gasteiger partial charge on any atom is -0.489 e. The Balaban J connectivity index is 1.68. The van der Waals surface area contributed by atoms with Crippen LogP contribution in [0.1, 0.15) is 52.7 Å². The fourth-order valence-corrected chi connectivity index (χ4v) is 3.90. The summed E-state index contributed by atoms with van der Waals surface area (Å²) in [5, 5.41) is 0. The summed E-state index contributed by atoms with van der Waals surface area (Å²) in [6, 6.07) is 15.5. The summed E-state index contributed by atoms with van der Waals surface area (Å²) in [5.74, 6) is 5.93. The molecule has 0 radical (unpaired) electrons. The average Bonchev–Trinajstić information content (AvgIpc) is 3.36. The molecule has 0 bridgehead atoms. The number of allylic oxidation sites excluding steroid dienone is 1. The number of nitrogens with one attached hydrogen (secondary N) is 1. The molecule has 0 saturated carbocycles. The first-order valence-electron chi connectivity index (χ1n) is 12.7. The Hall–Kier alpha value is -4.28. The minimum atomic E-state index is -0.572. The molecule has 3 aromatic rings. The topological polar surface area (TPSA) is 80.9 Å². The van der Waals surface area contributed by atoms with Gasteiger partial charge in [-0.1, -0.05) is 48.2 Å². The number of methoxy groups -OCH3 is 2. The van der Waals surface area contributed by atoms with E-state index < -0.39 is 11.9 Å². The van der Waals surface area contributed by atoms with Crippen molar-refractivity contribution in [3.63, 3.8) is 0 Å². The first-order chi connectivity index (χ1) is 18.6. The van der Waals surface area contributed by atoms with Crippen molar-refractivity contribution in [1.82, 2.24) is 9.88 Å². The number of carbonyl (C=O) groups is 2. The number of esters is 2. The quantitative estimate of drug-likeness (QED) is 0.262. The molecule has 3 rings (SSSR count). The van der Waals surface area contributed by atoms with Gasteiger partial charge in [0.1, 0.15) is 18.1 Å². The zero-order chi connectivity index (χ0) is 28.4. The molecule has 0 spiro atoms. The second-order valence-corrected chi connectivity index (χ2v) is 10.2. The van der Waals surface area contributed by atoms with Crippen LogP contribution in [0.15, 0.2) is 66.9 Å². The van der Waals surface area contributed by atoms with E-state index >= 15 is 0 Å². The molecular formula is C32H36N2O5. The second-order valence-electron chi connectivity index (χ2n) is 10.2. The fourth-order valence-electron chi connectivity index (χ4n) is 3.90. The van der Waals surface area contributed by atoms with Crippen molar-refractivity contribution in [2.45, 2.75) is 33.9 Å². The SMILES string of the molecule is COC(=O)c1c[nH]c(C(=O)OC)c1-c1cccc(COc2cccc(CN(C)C/C=C/C#CC(C)(C)C)c2)c1. The van der Waals surface area contributed by atoms with Gasteiger partial charge < -0.3 is 19.2 Å². The molecule has 0 aliphatic rings. The lowest BCUT2D eigenvalue weighted by atomic mass is 9.98. The Kier molecular flexibility index (Phi) is 10.1. The normalized spacial score (nSPS) is 11.3. The van der Waals surface area contributed by atoms with Crippen LogP contribution in [0.4, 0.5) is 0 Å². The predicted octanol–water partition coefficient (Wildman–Crippen LogP) is 5.87. The highest BCUT2D eigenvalue weighted by Crippen LogP contribution is 2.30. The largest absolute Gasteiger partial charge is 0.489 e. The van der Waals surface area contributed by atoms with Gasteiger partial charge in [-0.3, -0.25) is 4.90 Å². The molecular weight excluding hydrogens is 492 g/mol. The van der Waals surface area contributed by atoms with Gasteiger partial charge in [0, 0.05) is 30.3 Å². The van der Waals surface area contributed by atoms with Gasteiger partial charge in [-0.2, -0.15) is 0 Å². The highest BCUT2D eigenvalue weighted by molar-refractivity contribution is 6.05. The third kappa shape index (κ3) is 8.62. The Bertz CT molecular complexity index is 1350. The minimum absolute atomic E-state index is 0.00195. The van der Waals surface area contributed by atoms with E-state index in [9.17, 15) is 9.59 Å². The number of hydrogen-bond donors (Lipinski definition) is 1. The van der Waals surface area contributed by atoms with Crippen molar-refractivity contribution < 1.29 is 23.8 Å². The van der Waals surface area contributed by atoms with Gasteiger partial charge in [0.2, 0.25) is 0 Å². The molecule has 0 aliphatic heterocycles. The Morgan fingerprint density at radius 3 is 2.44 bits per heavy atom. The molecule has 0 saturated heterocycles. The number of likely N-dealkylation sites (N-methyl/N-ethyl adjacent to an activating group) is 1. The van der Waals surface area contributed by atoms with Gasteiger partial charge in [-0.15, -0.1) is 0 Å². The predicted molar refractivity (Wildman–Crippen MR) is 152 cm³/mol. The molecule has 0 amide bonds. The Morgan fingerprint density at radius 1 is 1.00 bits per heavy atom. The van der Waals surface area contributed by atoms with E-state index in [1.165, 1.54) is 20.4 Å². The van der Waals surface area contributed by atoms with Gasteiger partial charge >= 0.3 is 11.9 Å². The first kappa shape index (κ1) is 29.3. The van der Waals surface area contributed by atoms with Gasteiger partial charge in [-0.05, 0) is 68.8 Å². The molecule has 7 heteroatoms. The Morgan fingerprint density at radius 2 is 1.72 bits per heavy atom. The number of carbonyl (C=O) groups excluding carboxylic acids is 2. The molecule has 7 nitrogen and oxygen atoms in total. The van der Waals surface area contributed by atoms with Crippen molar-refractivity contribution >= 4 is 11.9 Å². The van der Waals surface area contributed by atoms with Crippen molar-refractivity contribution in [1.29, 1.82) is 0 Å². The van der Waals surface area contributed by atoms with E-state index in [2.05, 4.69) is 61.7 Å². The van der Waals surface area contributed by atoms with Crippen molar-refractivity contribution in [3.05, 3.63) is 89.3 Å². The van der Waals surface area contributed by atoms with Crippen LogP contribution < -0.4 is 4.74 Å². The number of aromatic nitrogens is 1. The van der Waals surface area contributed by atoms with E-state index in [1.54, 1.807) is 0 Å². The standard InChI is InChI=1S/C32H36N2O5/c1-32(2,3)16-8-7-9-17-34(4)21-23-12-11-15-26(19-23)39-22-24-13-10-14-25(18-24)28-27(30(35)37-5)20-33-29(28)31(36)38-6/h7,9-15,18-20,33H,17,21-22H2,1-6H3/b9-7+. The third-order valence-electron chi connectivity index (χ3n) is 5.71. The van der Waals surface area contributed by atoms with E-state index in [-0.39, 0.29) is 16.7 Å². The van der Waals surface area contributed by atoms with Crippen LogP contribution in [-0.2, 0) is 22.6 Å². The molecule has 1 N–H and O–H groups in total. The van der Waals surface area contributed by atoms with Gasteiger partial charge in [0.15, 0.2) is 0 Å². The summed E-state index contributed by atoms with van der Waals surface area (Å²) in [7, 11) is 4.65. The number of nitrogens with zero attached hydrogens (tertiary/aromatic N) is 1. The van der Waals surface area contributed by atoms with Crippen LogP contribution >= 0.6 is 0 Å². The van der Waals surface area contributed by atoms with E-state index in [1.807, 2.05) is 48.5 Å². The van der Waals surface area contributed by atoms with Crippen LogP contribution in [0.25, 0.3) is 11.1 Å². The van der Waals surface area contributed by atoms with Crippen LogP contribution in [0.3, 0.4) is 0 Å². The zero-order valence-electron chi connectivity index (χ0n) is 23.5.